The highest BCUT2D eigenvalue weighted by Crippen LogP contribution is 2.20. The van der Waals surface area contributed by atoms with E-state index in [-0.39, 0.29) is 16.0 Å². The zero-order chi connectivity index (χ0) is 18.2. The molecule has 8 nitrogen and oxygen atoms in total. The lowest BCUT2D eigenvalue weighted by Gasteiger charge is -2.07. The average molecular weight is 362 g/mol. The van der Waals surface area contributed by atoms with Crippen molar-refractivity contribution in [1.29, 1.82) is 0 Å². The number of fused-ring (bicyclic) bond motifs is 1. The van der Waals surface area contributed by atoms with Crippen molar-refractivity contribution in [2.24, 2.45) is 7.05 Å². The summed E-state index contributed by atoms with van der Waals surface area (Å²) >= 11 is 0. The number of nitrogens with one attached hydrogen (secondary N) is 1. The fraction of sp³-hybridized carbons (Fsp3) is 0.250. The van der Waals surface area contributed by atoms with Gasteiger partial charge in [0.1, 0.15) is 22.0 Å². The van der Waals surface area contributed by atoms with Crippen LogP contribution >= 0.6 is 0 Å². The van der Waals surface area contributed by atoms with E-state index in [0.717, 1.165) is 0 Å². The standard InChI is InChI=1S/C16H18N4O4S/c1-4-15-17-19(2)16(21)14-9-13(10-20(14)15)25(22,23)18-11-5-7-12(24-3)8-6-11/h5-10,18H,4H2,1-3H3. The second-order valence-corrected chi connectivity index (χ2v) is 7.15. The predicted molar refractivity (Wildman–Crippen MR) is 93.6 cm³/mol. The van der Waals surface area contributed by atoms with E-state index in [2.05, 4.69) is 9.82 Å². The summed E-state index contributed by atoms with van der Waals surface area (Å²) in [7, 11) is -0.763. The zero-order valence-electron chi connectivity index (χ0n) is 14.1. The van der Waals surface area contributed by atoms with Gasteiger partial charge >= 0.3 is 0 Å². The summed E-state index contributed by atoms with van der Waals surface area (Å²) in [5, 5.41) is 4.16. The fourth-order valence-corrected chi connectivity index (χ4v) is 3.59. The molecule has 0 saturated heterocycles. The highest BCUT2D eigenvalue weighted by Gasteiger charge is 2.19. The number of rotatable bonds is 5. The van der Waals surface area contributed by atoms with E-state index in [4.69, 9.17) is 4.74 Å². The van der Waals surface area contributed by atoms with Crippen LogP contribution in [0, 0.1) is 0 Å². The first kappa shape index (κ1) is 17.0. The number of sulfonamides is 1. The molecule has 0 aliphatic carbocycles. The van der Waals surface area contributed by atoms with E-state index in [1.54, 1.807) is 24.3 Å². The van der Waals surface area contributed by atoms with Gasteiger partial charge in [0.25, 0.3) is 15.6 Å². The number of benzene rings is 1. The lowest BCUT2D eigenvalue weighted by atomic mass is 10.3. The van der Waals surface area contributed by atoms with E-state index >= 15 is 0 Å². The molecular formula is C16H18N4O4S. The second kappa shape index (κ2) is 6.25. The number of ether oxygens (including phenoxy) is 1. The molecule has 0 atom stereocenters. The molecule has 0 aliphatic rings. The van der Waals surface area contributed by atoms with Crippen LogP contribution in [0.2, 0.25) is 0 Å². The quantitative estimate of drug-likeness (QED) is 0.740. The Hall–Kier alpha value is -2.81. The van der Waals surface area contributed by atoms with Gasteiger partial charge < -0.3 is 4.74 Å². The van der Waals surface area contributed by atoms with Crippen LogP contribution in [0.25, 0.3) is 5.52 Å². The average Bonchev–Trinajstić information content (AvgIpc) is 3.05. The molecule has 0 bridgehead atoms. The van der Waals surface area contributed by atoms with E-state index in [1.807, 2.05) is 6.92 Å². The van der Waals surface area contributed by atoms with E-state index in [0.29, 0.717) is 23.7 Å². The van der Waals surface area contributed by atoms with Gasteiger partial charge in [-0.2, -0.15) is 5.10 Å². The molecule has 9 heteroatoms. The van der Waals surface area contributed by atoms with Gasteiger partial charge in [-0.25, -0.2) is 13.1 Å². The minimum atomic E-state index is -3.84. The first-order chi connectivity index (χ1) is 11.9. The molecule has 3 aromatic rings. The van der Waals surface area contributed by atoms with Crippen molar-refractivity contribution in [3.63, 3.8) is 0 Å². The van der Waals surface area contributed by atoms with Crippen LogP contribution in [0.4, 0.5) is 5.69 Å². The van der Waals surface area contributed by atoms with Crippen molar-refractivity contribution in [3.8, 4) is 5.75 Å². The Labute approximate surface area is 144 Å². The maximum absolute atomic E-state index is 12.6. The van der Waals surface area contributed by atoms with Crippen molar-refractivity contribution in [2.45, 2.75) is 18.2 Å². The van der Waals surface area contributed by atoms with Crippen LogP contribution in [0.1, 0.15) is 12.7 Å². The smallest absolute Gasteiger partial charge is 0.290 e. The minimum absolute atomic E-state index is 0.00289. The van der Waals surface area contributed by atoms with Crippen molar-refractivity contribution in [1.82, 2.24) is 14.2 Å². The SMILES string of the molecule is CCc1nn(C)c(=O)c2cc(S(=O)(=O)Nc3ccc(OC)cc3)cn12. The zero-order valence-corrected chi connectivity index (χ0v) is 14.9. The number of hydrogen-bond acceptors (Lipinski definition) is 5. The maximum atomic E-state index is 12.6. The second-order valence-electron chi connectivity index (χ2n) is 5.46. The molecule has 0 unspecified atom stereocenters. The third-order valence-corrected chi connectivity index (χ3v) is 5.17. The molecule has 3 rings (SSSR count). The summed E-state index contributed by atoms with van der Waals surface area (Å²) in [5.74, 6) is 1.22. The Morgan fingerprint density at radius 2 is 1.92 bits per heavy atom. The van der Waals surface area contributed by atoms with Gasteiger partial charge in [-0.1, -0.05) is 6.92 Å². The largest absolute Gasteiger partial charge is 0.497 e. The van der Waals surface area contributed by atoms with Crippen molar-refractivity contribution in [2.75, 3.05) is 11.8 Å². The molecular weight excluding hydrogens is 344 g/mol. The van der Waals surface area contributed by atoms with Crippen LogP contribution in [-0.2, 0) is 23.5 Å². The topological polar surface area (TPSA) is 94.7 Å². The summed E-state index contributed by atoms with van der Waals surface area (Å²) < 4.78 is 35.5. The molecule has 132 valence electrons. The van der Waals surface area contributed by atoms with Crippen molar-refractivity contribution < 1.29 is 13.2 Å². The molecule has 0 spiro atoms. The third kappa shape index (κ3) is 3.10. The lowest BCUT2D eigenvalue weighted by molar-refractivity contribution is 0.415. The molecule has 2 aromatic heterocycles. The summed E-state index contributed by atoms with van der Waals surface area (Å²) in [5.41, 5.74) is 0.311. The monoisotopic (exact) mass is 362 g/mol. The van der Waals surface area contributed by atoms with Crippen molar-refractivity contribution >= 4 is 21.2 Å². The normalized spacial score (nSPS) is 11.6. The summed E-state index contributed by atoms with van der Waals surface area (Å²) in [6.07, 6.45) is 1.97. The number of nitrogens with zero attached hydrogens (tertiary/aromatic N) is 3. The van der Waals surface area contributed by atoms with Gasteiger partial charge in [0.05, 0.1) is 7.11 Å². The summed E-state index contributed by atoms with van der Waals surface area (Å²) in [6, 6.07) is 7.87. The molecule has 1 N–H and O–H groups in total. The Balaban J connectivity index is 2.05. The van der Waals surface area contributed by atoms with Crippen LogP contribution in [0.3, 0.4) is 0 Å². The minimum Gasteiger partial charge on any atom is -0.497 e. The van der Waals surface area contributed by atoms with Gasteiger partial charge in [0.15, 0.2) is 0 Å². The maximum Gasteiger partial charge on any atom is 0.290 e. The Kier molecular flexibility index (Phi) is 4.25. The Morgan fingerprint density at radius 3 is 2.52 bits per heavy atom. The van der Waals surface area contributed by atoms with Gasteiger partial charge in [-0.05, 0) is 30.3 Å². The van der Waals surface area contributed by atoms with Gasteiger partial charge in [0.2, 0.25) is 0 Å². The molecule has 0 fully saturated rings. The molecule has 0 saturated carbocycles. The number of hydrogen-bond donors (Lipinski definition) is 1. The van der Waals surface area contributed by atoms with Crippen LogP contribution < -0.4 is 15.0 Å². The van der Waals surface area contributed by atoms with Gasteiger partial charge in [-0.3, -0.25) is 13.9 Å². The van der Waals surface area contributed by atoms with Crippen molar-refractivity contribution in [3.05, 3.63) is 52.7 Å². The molecule has 1 aromatic carbocycles. The first-order valence-electron chi connectivity index (χ1n) is 7.61. The van der Waals surface area contributed by atoms with Crippen LogP contribution in [-0.4, -0.2) is 29.7 Å². The van der Waals surface area contributed by atoms with Crippen LogP contribution in [0.15, 0.2) is 46.2 Å². The third-order valence-electron chi connectivity index (χ3n) is 3.82. The molecule has 0 radical (unpaired) electrons. The first-order valence-corrected chi connectivity index (χ1v) is 9.09. The summed E-state index contributed by atoms with van der Waals surface area (Å²) in [6.45, 7) is 1.88. The predicted octanol–water partition coefficient (Wildman–Crippen LogP) is 1.40. The highest BCUT2D eigenvalue weighted by atomic mass is 32.2. The number of aromatic nitrogens is 3. The number of aryl methyl sites for hydroxylation is 2. The molecule has 0 aliphatic heterocycles. The lowest BCUT2D eigenvalue weighted by Crippen LogP contribution is -2.23. The number of anilines is 1. The molecule has 2 heterocycles. The van der Waals surface area contributed by atoms with Crippen LogP contribution in [0.5, 0.6) is 5.75 Å². The molecule has 25 heavy (non-hydrogen) atoms. The Morgan fingerprint density at radius 1 is 1.24 bits per heavy atom. The summed E-state index contributed by atoms with van der Waals surface area (Å²) in [4.78, 5) is 12.2. The van der Waals surface area contributed by atoms with E-state index < -0.39 is 10.0 Å². The van der Waals surface area contributed by atoms with Gasteiger partial charge in [-0.15, -0.1) is 0 Å². The Bertz CT molecular complexity index is 1080. The fourth-order valence-electron chi connectivity index (χ4n) is 2.51. The number of methoxy groups -OCH3 is 1. The van der Waals surface area contributed by atoms with Gasteiger partial charge in [0, 0.05) is 25.4 Å². The highest BCUT2D eigenvalue weighted by molar-refractivity contribution is 7.92. The van der Waals surface area contributed by atoms with E-state index in [9.17, 15) is 13.2 Å². The molecule has 0 amide bonds. The van der Waals surface area contributed by atoms with E-state index in [1.165, 1.54) is 35.5 Å².